The zero-order valence-corrected chi connectivity index (χ0v) is 12.4. The maximum absolute atomic E-state index is 11.7. The molecule has 0 aliphatic rings. The summed E-state index contributed by atoms with van der Waals surface area (Å²) < 4.78 is 10.7. The van der Waals surface area contributed by atoms with Crippen molar-refractivity contribution in [3.05, 3.63) is 54.1 Å². The van der Waals surface area contributed by atoms with Gasteiger partial charge in [0, 0.05) is 12.8 Å². The van der Waals surface area contributed by atoms with Gasteiger partial charge in [-0.25, -0.2) is 0 Å². The van der Waals surface area contributed by atoms with Gasteiger partial charge in [0.2, 0.25) is 0 Å². The van der Waals surface area contributed by atoms with Gasteiger partial charge in [-0.05, 0) is 50.2 Å². The molecule has 1 N–H and O–H groups in total. The van der Waals surface area contributed by atoms with Gasteiger partial charge in [-0.3, -0.25) is 4.79 Å². The summed E-state index contributed by atoms with van der Waals surface area (Å²) >= 11 is 0. The Morgan fingerprint density at radius 1 is 1.00 bits per heavy atom. The second kappa shape index (κ2) is 6.90. The second-order valence-electron chi connectivity index (χ2n) is 4.81. The molecule has 0 radical (unpaired) electrons. The average Bonchev–Trinajstić information content (AvgIpc) is 2.50. The molecule has 110 valence electrons. The van der Waals surface area contributed by atoms with Crippen molar-refractivity contribution in [1.82, 2.24) is 0 Å². The minimum Gasteiger partial charge on any atom is -0.457 e. The first-order chi connectivity index (χ1) is 10.1. The van der Waals surface area contributed by atoms with Crippen LogP contribution in [0.1, 0.15) is 12.5 Å². The van der Waals surface area contributed by atoms with E-state index in [0.29, 0.717) is 5.69 Å². The molecule has 0 fully saturated rings. The van der Waals surface area contributed by atoms with E-state index in [4.69, 9.17) is 9.47 Å². The average molecular weight is 285 g/mol. The molecule has 0 heterocycles. The third-order valence-corrected chi connectivity index (χ3v) is 3.10. The summed E-state index contributed by atoms with van der Waals surface area (Å²) in [7, 11) is 1.50. The highest BCUT2D eigenvalue weighted by molar-refractivity contribution is 5.93. The van der Waals surface area contributed by atoms with Crippen molar-refractivity contribution in [2.45, 2.75) is 20.0 Å². The van der Waals surface area contributed by atoms with Gasteiger partial charge in [0.05, 0.1) is 0 Å². The highest BCUT2D eigenvalue weighted by atomic mass is 16.5. The van der Waals surface area contributed by atoms with E-state index in [0.717, 1.165) is 11.5 Å². The molecule has 0 spiro atoms. The molecule has 2 rings (SSSR count). The highest BCUT2D eigenvalue weighted by Gasteiger charge is 2.11. The van der Waals surface area contributed by atoms with Gasteiger partial charge >= 0.3 is 0 Å². The van der Waals surface area contributed by atoms with E-state index >= 15 is 0 Å². The number of carbonyl (C=O) groups excluding carboxylic acids is 1. The molecule has 4 nitrogen and oxygen atoms in total. The number of hydrogen-bond acceptors (Lipinski definition) is 3. The number of anilines is 1. The molecule has 4 heteroatoms. The topological polar surface area (TPSA) is 47.6 Å². The van der Waals surface area contributed by atoms with Crippen LogP contribution in [0, 0.1) is 6.92 Å². The number of aryl methyl sites for hydroxylation is 1. The van der Waals surface area contributed by atoms with Gasteiger partial charge in [-0.1, -0.05) is 17.7 Å². The molecule has 2 aromatic carbocycles. The predicted molar refractivity (Wildman–Crippen MR) is 82.8 cm³/mol. The van der Waals surface area contributed by atoms with Crippen molar-refractivity contribution in [2.24, 2.45) is 0 Å². The van der Waals surface area contributed by atoms with Crippen LogP contribution < -0.4 is 10.1 Å². The minimum absolute atomic E-state index is 0.176. The maximum Gasteiger partial charge on any atom is 0.253 e. The Balaban J connectivity index is 1.98. The zero-order chi connectivity index (χ0) is 15.2. The number of nitrogens with one attached hydrogen (secondary N) is 1. The van der Waals surface area contributed by atoms with Gasteiger partial charge in [0.25, 0.3) is 5.91 Å². The lowest BCUT2D eigenvalue weighted by Crippen LogP contribution is -2.26. The van der Waals surface area contributed by atoms with Crippen molar-refractivity contribution < 1.29 is 14.3 Å². The summed E-state index contributed by atoms with van der Waals surface area (Å²) in [5.74, 6) is 1.33. The summed E-state index contributed by atoms with van der Waals surface area (Å²) in [5, 5.41) is 2.77. The van der Waals surface area contributed by atoms with E-state index in [1.54, 1.807) is 19.1 Å². The zero-order valence-electron chi connectivity index (χ0n) is 12.4. The quantitative estimate of drug-likeness (QED) is 0.910. The Hall–Kier alpha value is -2.33. The number of hydrogen-bond donors (Lipinski definition) is 1. The van der Waals surface area contributed by atoms with Crippen LogP contribution in [-0.2, 0) is 9.53 Å². The first kappa shape index (κ1) is 15.1. The standard InChI is InChI=1S/C17H19NO3/c1-12-4-8-15(9-5-12)21-16-10-6-14(7-11-16)18-17(19)13(2)20-3/h4-11,13H,1-3H3,(H,18,19). The van der Waals surface area contributed by atoms with Crippen LogP contribution in [0.2, 0.25) is 0 Å². The molecular formula is C17H19NO3. The van der Waals surface area contributed by atoms with Gasteiger partial charge in [-0.2, -0.15) is 0 Å². The Morgan fingerprint density at radius 3 is 2.05 bits per heavy atom. The second-order valence-corrected chi connectivity index (χ2v) is 4.81. The van der Waals surface area contributed by atoms with Crippen LogP contribution in [0.4, 0.5) is 5.69 Å². The first-order valence-electron chi connectivity index (χ1n) is 6.77. The Kier molecular flexibility index (Phi) is 4.95. The van der Waals surface area contributed by atoms with Crippen LogP contribution in [-0.4, -0.2) is 19.1 Å². The van der Waals surface area contributed by atoms with Crippen LogP contribution in [0.3, 0.4) is 0 Å². The smallest absolute Gasteiger partial charge is 0.253 e. The first-order valence-corrected chi connectivity index (χ1v) is 6.77. The monoisotopic (exact) mass is 285 g/mol. The lowest BCUT2D eigenvalue weighted by molar-refractivity contribution is -0.124. The minimum atomic E-state index is -0.478. The summed E-state index contributed by atoms with van der Waals surface area (Å²) in [6, 6.07) is 15.1. The number of amides is 1. The third kappa shape index (κ3) is 4.33. The SMILES string of the molecule is COC(C)C(=O)Nc1ccc(Oc2ccc(C)cc2)cc1. The Bertz CT molecular complexity index is 590. The molecule has 0 bridgehead atoms. The van der Waals surface area contributed by atoms with Crippen molar-refractivity contribution in [1.29, 1.82) is 0 Å². The molecule has 21 heavy (non-hydrogen) atoms. The number of carbonyl (C=O) groups is 1. The van der Waals surface area contributed by atoms with Gasteiger partial charge < -0.3 is 14.8 Å². The summed E-state index contributed by atoms with van der Waals surface area (Å²) in [6.07, 6.45) is -0.478. The maximum atomic E-state index is 11.7. The molecule has 1 atom stereocenters. The predicted octanol–water partition coefficient (Wildman–Crippen LogP) is 3.76. The lowest BCUT2D eigenvalue weighted by atomic mass is 10.2. The van der Waals surface area contributed by atoms with Gasteiger partial charge in [0.15, 0.2) is 0 Å². The van der Waals surface area contributed by atoms with E-state index < -0.39 is 6.10 Å². The third-order valence-electron chi connectivity index (χ3n) is 3.10. The lowest BCUT2D eigenvalue weighted by Gasteiger charge is -2.11. The Morgan fingerprint density at radius 2 is 1.52 bits per heavy atom. The van der Waals surface area contributed by atoms with Gasteiger partial charge in [0.1, 0.15) is 17.6 Å². The molecule has 0 saturated carbocycles. The molecule has 0 aromatic heterocycles. The fourth-order valence-electron chi connectivity index (χ4n) is 1.70. The molecule has 0 saturated heterocycles. The molecule has 0 aliphatic carbocycles. The molecular weight excluding hydrogens is 266 g/mol. The fraction of sp³-hybridized carbons (Fsp3) is 0.235. The molecule has 0 aliphatic heterocycles. The highest BCUT2D eigenvalue weighted by Crippen LogP contribution is 2.23. The van der Waals surface area contributed by atoms with Crippen molar-refractivity contribution in [3.8, 4) is 11.5 Å². The fourth-order valence-corrected chi connectivity index (χ4v) is 1.70. The summed E-state index contributed by atoms with van der Waals surface area (Å²) in [5.41, 5.74) is 1.90. The van der Waals surface area contributed by atoms with Crippen molar-refractivity contribution in [3.63, 3.8) is 0 Å². The van der Waals surface area contributed by atoms with E-state index in [1.165, 1.54) is 12.7 Å². The van der Waals surface area contributed by atoms with E-state index in [1.807, 2.05) is 43.3 Å². The number of methoxy groups -OCH3 is 1. The molecule has 2 aromatic rings. The van der Waals surface area contributed by atoms with Crippen LogP contribution in [0.15, 0.2) is 48.5 Å². The van der Waals surface area contributed by atoms with E-state index in [2.05, 4.69) is 5.32 Å². The number of benzene rings is 2. The van der Waals surface area contributed by atoms with Crippen LogP contribution in [0.5, 0.6) is 11.5 Å². The van der Waals surface area contributed by atoms with E-state index in [-0.39, 0.29) is 5.91 Å². The van der Waals surface area contributed by atoms with Crippen molar-refractivity contribution >= 4 is 11.6 Å². The molecule has 1 amide bonds. The normalized spacial score (nSPS) is 11.8. The van der Waals surface area contributed by atoms with Crippen molar-refractivity contribution in [2.75, 3.05) is 12.4 Å². The summed E-state index contributed by atoms with van der Waals surface area (Å²) in [6.45, 7) is 3.73. The molecule has 1 unspecified atom stereocenters. The van der Waals surface area contributed by atoms with Crippen LogP contribution in [0.25, 0.3) is 0 Å². The Labute approximate surface area is 124 Å². The summed E-state index contributed by atoms with van der Waals surface area (Å²) in [4.78, 5) is 11.7. The largest absolute Gasteiger partial charge is 0.457 e. The van der Waals surface area contributed by atoms with Gasteiger partial charge in [-0.15, -0.1) is 0 Å². The van der Waals surface area contributed by atoms with Crippen LogP contribution >= 0.6 is 0 Å². The van der Waals surface area contributed by atoms with E-state index in [9.17, 15) is 4.79 Å². The number of rotatable bonds is 5. The number of ether oxygens (including phenoxy) is 2.